The van der Waals surface area contributed by atoms with Gasteiger partial charge in [0.25, 0.3) is 0 Å². The van der Waals surface area contributed by atoms with E-state index in [9.17, 15) is 0 Å². The first kappa shape index (κ1) is 25.1. The second kappa shape index (κ2) is 9.64. The van der Waals surface area contributed by atoms with Gasteiger partial charge in [0.05, 0.1) is 21.4 Å². The quantitative estimate of drug-likeness (QED) is 0.188. The second-order valence-corrected chi connectivity index (χ2v) is 13.8. The van der Waals surface area contributed by atoms with Crippen LogP contribution in [0.25, 0.3) is 90.1 Å². The summed E-state index contributed by atoms with van der Waals surface area (Å²) in [5, 5.41) is 7.89. The first-order chi connectivity index (χ1) is 22.3. The Balaban J connectivity index is 1.27. The molecule has 0 N–H and O–H groups in total. The van der Waals surface area contributed by atoms with Crippen LogP contribution in [-0.2, 0) is 0 Å². The van der Waals surface area contributed by atoms with Gasteiger partial charge in [0.15, 0.2) is 0 Å². The van der Waals surface area contributed by atoms with Gasteiger partial charge in [-0.25, -0.2) is 0 Å². The highest BCUT2D eigenvalue weighted by Crippen LogP contribution is 2.47. The molecule has 0 saturated carbocycles. The summed E-state index contributed by atoms with van der Waals surface area (Å²) in [5.41, 5.74) is 8.79. The van der Waals surface area contributed by atoms with Crippen molar-refractivity contribution in [2.24, 2.45) is 0 Å². The molecule has 0 aliphatic heterocycles. The molecule has 7 aromatic carbocycles. The number of para-hydroxylation sites is 1. The van der Waals surface area contributed by atoms with E-state index in [1.165, 1.54) is 90.1 Å². The van der Waals surface area contributed by atoms with Crippen molar-refractivity contribution in [1.82, 2.24) is 4.57 Å². The first-order valence-electron chi connectivity index (χ1n) is 15.3. The Morgan fingerprint density at radius 2 is 1.04 bits per heavy atom. The van der Waals surface area contributed by atoms with Gasteiger partial charge in [-0.15, -0.1) is 22.7 Å². The number of hydrogen-bond donors (Lipinski definition) is 0. The van der Waals surface area contributed by atoms with Crippen LogP contribution >= 0.6 is 22.7 Å². The molecule has 10 aromatic rings. The topological polar surface area (TPSA) is 4.93 Å². The molecule has 1 nitrogen and oxygen atoms in total. The van der Waals surface area contributed by atoms with Gasteiger partial charge in [-0.3, -0.25) is 0 Å². The summed E-state index contributed by atoms with van der Waals surface area (Å²) < 4.78 is 7.82. The molecule has 0 bridgehead atoms. The molecule has 0 fully saturated rings. The molecule has 0 spiro atoms. The average Bonchev–Trinajstić information content (AvgIpc) is 3.78. The third kappa shape index (κ3) is 3.66. The Morgan fingerprint density at radius 1 is 0.378 bits per heavy atom. The summed E-state index contributed by atoms with van der Waals surface area (Å²) in [6.07, 6.45) is 0. The van der Waals surface area contributed by atoms with Gasteiger partial charge in [0.2, 0.25) is 0 Å². The minimum atomic E-state index is 1.23. The van der Waals surface area contributed by atoms with Gasteiger partial charge in [-0.1, -0.05) is 121 Å². The molecular weight excluding hydrogens is 583 g/mol. The van der Waals surface area contributed by atoms with Gasteiger partial charge in [0.1, 0.15) is 0 Å². The molecule has 0 aliphatic carbocycles. The van der Waals surface area contributed by atoms with Gasteiger partial charge in [0, 0.05) is 52.0 Å². The third-order valence-corrected chi connectivity index (χ3v) is 11.6. The number of aromatic nitrogens is 1. The van der Waals surface area contributed by atoms with Crippen molar-refractivity contribution in [3.63, 3.8) is 0 Å². The highest BCUT2D eigenvalue weighted by atomic mass is 32.1. The minimum Gasteiger partial charge on any atom is -0.308 e. The standard InChI is InChI=1S/C42H25NS2/c1-2-11-26(12-3-1)27-23-24-29-28-13-4-6-19-35(28)43(37(29)25-27)36-20-9-18-34-40-31(15-10-22-39(40)45-42(34)36)33-17-8-16-32-30-14-5-7-21-38(30)44-41(32)33/h1-25H. The van der Waals surface area contributed by atoms with E-state index in [2.05, 4.69) is 156 Å². The molecule has 0 aliphatic rings. The van der Waals surface area contributed by atoms with E-state index in [1.807, 2.05) is 22.7 Å². The van der Waals surface area contributed by atoms with Crippen LogP contribution < -0.4 is 0 Å². The van der Waals surface area contributed by atoms with Gasteiger partial charge < -0.3 is 4.57 Å². The second-order valence-electron chi connectivity index (χ2n) is 11.7. The zero-order valence-electron chi connectivity index (χ0n) is 24.2. The Morgan fingerprint density at radius 3 is 1.98 bits per heavy atom. The van der Waals surface area contributed by atoms with E-state index in [0.29, 0.717) is 0 Å². The molecule has 3 aromatic heterocycles. The summed E-state index contributed by atoms with van der Waals surface area (Å²) >= 11 is 3.81. The number of fused-ring (bicyclic) bond motifs is 9. The third-order valence-electron chi connectivity index (χ3n) is 9.22. The number of rotatable bonds is 3. The lowest BCUT2D eigenvalue weighted by Crippen LogP contribution is -1.94. The van der Waals surface area contributed by atoms with Crippen molar-refractivity contribution in [3.8, 4) is 27.9 Å². The maximum Gasteiger partial charge on any atom is 0.0640 e. The number of nitrogens with zero attached hydrogens (tertiary/aromatic N) is 1. The van der Waals surface area contributed by atoms with E-state index >= 15 is 0 Å². The maximum absolute atomic E-state index is 2.49. The van der Waals surface area contributed by atoms with Crippen LogP contribution in [0, 0.1) is 0 Å². The van der Waals surface area contributed by atoms with E-state index in [1.54, 1.807) is 0 Å². The van der Waals surface area contributed by atoms with E-state index in [0.717, 1.165) is 0 Å². The number of thiophene rings is 2. The van der Waals surface area contributed by atoms with Crippen LogP contribution in [0.5, 0.6) is 0 Å². The molecular formula is C42H25NS2. The largest absolute Gasteiger partial charge is 0.308 e. The predicted octanol–water partition coefficient (Wildman–Crippen LogP) is 12.9. The van der Waals surface area contributed by atoms with Crippen LogP contribution in [0.4, 0.5) is 0 Å². The normalized spacial score (nSPS) is 12.0. The van der Waals surface area contributed by atoms with Crippen molar-refractivity contribution < 1.29 is 0 Å². The van der Waals surface area contributed by atoms with Crippen molar-refractivity contribution in [2.75, 3.05) is 0 Å². The highest BCUT2D eigenvalue weighted by Gasteiger charge is 2.19. The zero-order valence-corrected chi connectivity index (χ0v) is 25.8. The lowest BCUT2D eigenvalue weighted by atomic mass is 9.97. The van der Waals surface area contributed by atoms with Gasteiger partial charge in [-0.05, 0) is 47.0 Å². The van der Waals surface area contributed by atoms with Crippen LogP contribution in [0.15, 0.2) is 152 Å². The van der Waals surface area contributed by atoms with Crippen molar-refractivity contribution in [2.45, 2.75) is 0 Å². The van der Waals surface area contributed by atoms with E-state index < -0.39 is 0 Å². The number of hydrogen-bond acceptors (Lipinski definition) is 2. The van der Waals surface area contributed by atoms with Crippen LogP contribution in [-0.4, -0.2) is 4.57 Å². The molecule has 0 atom stereocenters. The van der Waals surface area contributed by atoms with Crippen molar-refractivity contribution in [3.05, 3.63) is 152 Å². The molecule has 0 radical (unpaired) electrons. The maximum atomic E-state index is 2.49. The summed E-state index contributed by atoms with van der Waals surface area (Å²) in [6, 6.07) is 55.7. The Bertz CT molecular complexity index is 2760. The Hall–Kier alpha value is -5.22. The van der Waals surface area contributed by atoms with Crippen molar-refractivity contribution in [1.29, 1.82) is 0 Å². The predicted molar refractivity (Wildman–Crippen MR) is 197 cm³/mol. The van der Waals surface area contributed by atoms with E-state index in [-0.39, 0.29) is 0 Å². The van der Waals surface area contributed by atoms with E-state index in [4.69, 9.17) is 0 Å². The fourth-order valence-corrected chi connectivity index (χ4v) is 9.70. The lowest BCUT2D eigenvalue weighted by Gasteiger charge is -2.11. The Labute approximate surface area is 267 Å². The van der Waals surface area contributed by atoms with Crippen LogP contribution in [0.3, 0.4) is 0 Å². The highest BCUT2D eigenvalue weighted by molar-refractivity contribution is 7.27. The zero-order chi connectivity index (χ0) is 29.5. The molecule has 10 rings (SSSR count). The number of benzene rings is 7. The lowest BCUT2D eigenvalue weighted by molar-refractivity contribution is 1.20. The molecule has 3 heteroatoms. The van der Waals surface area contributed by atoms with Gasteiger partial charge in [-0.2, -0.15) is 0 Å². The molecule has 0 saturated heterocycles. The van der Waals surface area contributed by atoms with Gasteiger partial charge >= 0.3 is 0 Å². The molecule has 45 heavy (non-hydrogen) atoms. The molecule has 0 unspecified atom stereocenters. The summed E-state index contributed by atoms with van der Waals surface area (Å²) in [5.74, 6) is 0. The fourth-order valence-electron chi connectivity index (χ4n) is 7.23. The molecule has 0 amide bonds. The van der Waals surface area contributed by atoms with Crippen LogP contribution in [0.2, 0.25) is 0 Å². The fraction of sp³-hybridized carbons (Fsp3) is 0. The average molecular weight is 608 g/mol. The smallest absolute Gasteiger partial charge is 0.0640 e. The van der Waals surface area contributed by atoms with Crippen molar-refractivity contribution >= 4 is 84.8 Å². The summed E-state index contributed by atoms with van der Waals surface area (Å²) in [4.78, 5) is 0. The first-order valence-corrected chi connectivity index (χ1v) is 16.9. The monoisotopic (exact) mass is 607 g/mol. The summed E-state index contributed by atoms with van der Waals surface area (Å²) in [6.45, 7) is 0. The molecule has 210 valence electrons. The minimum absolute atomic E-state index is 1.23. The SMILES string of the molecule is c1ccc(-c2ccc3c4ccccc4n(-c4cccc5c4sc4cccc(-c6cccc7c6sc6ccccc67)c45)c3c2)cc1. The molecule has 3 heterocycles. The summed E-state index contributed by atoms with van der Waals surface area (Å²) in [7, 11) is 0. The Kier molecular flexibility index (Phi) is 5.39. The van der Waals surface area contributed by atoms with Crippen LogP contribution in [0.1, 0.15) is 0 Å².